The number of aryl methyl sites for hydroxylation is 2. The van der Waals surface area contributed by atoms with E-state index in [9.17, 15) is 9.59 Å². The number of amides is 2. The molecule has 0 bridgehead atoms. The molecule has 0 saturated heterocycles. The van der Waals surface area contributed by atoms with Crippen molar-refractivity contribution in [2.24, 2.45) is 7.05 Å². The van der Waals surface area contributed by atoms with Crippen molar-refractivity contribution < 1.29 is 14.3 Å². The van der Waals surface area contributed by atoms with Crippen LogP contribution in [0, 0.1) is 0 Å². The summed E-state index contributed by atoms with van der Waals surface area (Å²) in [4.78, 5) is 31.8. The van der Waals surface area contributed by atoms with E-state index in [2.05, 4.69) is 10.1 Å². The molecule has 3 rings (SSSR count). The number of hydrogen-bond donors (Lipinski definition) is 0. The zero-order valence-electron chi connectivity index (χ0n) is 14.4. The van der Waals surface area contributed by atoms with Gasteiger partial charge in [-0.1, -0.05) is 0 Å². The molecule has 132 valence electrons. The van der Waals surface area contributed by atoms with Crippen LogP contribution in [0.25, 0.3) is 0 Å². The van der Waals surface area contributed by atoms with Crippen molar-refractivity contribution in [3.05, 3.63) is 36.3 Å². The predicted molar refractivity (Wildman–Crippen MR) is 91.3 cm³/mol. The van der Waals surface area contributed by atoms with Gasteiger partial charge in [0, 0.05) is 33.0 Å². The molecule has 0 spiro atoms. The van der Waals surface area contributed by atoms with E-state index in [0.717, 1.165) is 18.4 Å². The number of aromatic nitrogens is 3. The second-order valence-corrected chi connectivity index (χ2v) is 6.03. The average molecular weight is 343 g/mol. The fraction of sp³-hybridized carbons (Fsp3) is 0.412. The molecule has 0 atom stereocenters. The molecule has 0 aromatic carbocycles. The van der Waals surface area contributed by atoms with Crippen molar-refractivity contribution >= 4 is 17.6 Å². The normalized spacial score (nSPS) is 13.4. The Bertz CT molecular complexity index is 773. The molecule has 1 aliphatic heterocycles. The summed E-state index contributed by atoms with van der Waals surface area (Å²) in [5.41, 5.74) is 1.14. The highest BCUT2D eigenvalue weighted by Crippen LogP contribution is 2.28. The lowest BCUT2D eigenvalue weighted by molar-refractivity contribution is -0.131. The minimum absolute atomic E-state index is 0.0321. The first-order valence-electron chi connectivity index (χ1n) is 8.14. The van der Waals surface area contributed by atoms with Crippen LogP contribution in [-0.2, 0) is 23.1 Å². The van der Waals surface area contributed by atoms with E-state index in [-0.39, 0.29) is 25.0 Å². The first-order valence-corrected chi connectivity index (χ1v) is 8.14. The molecular weight excluding hydrogens is 322 g/mol. The largest absolute Gasteiger partial charge is 0.480 e. The van der Waals surface area contributed by atoms with Gasteiger partial charge in [0.05, 0.1) is 6.20 Å². The zero-order valence-corrected chi connectivity index (χ0v) is 14.4. The Labute approximate surface area is 146 Å². The van der Waals surface area contributed by atoms with Crippen molar-refractivity contribution in [1.29, 1.82) is 0 Å². The number of anilines is 1. The van der Waals surface area contributed by atoms with E-state index >= 15 is 0 Å². The lowest BCUT2D eigenvalue weighted by Crippen LogP contribution is -2.46. The molecule has 25 heavy (non-hydrogen) atoms. The van der Waals surface area contributed by atoms with Gasteiger partial charge < -0.3 is 9.64 Å². The van der Waals surface area contributed by atoms with Gasteiger partial charge in [-0.05, 0) is 30.5 Å². The van der Waals surface area contributed by atoms with Crippen LogP contribution >= 0.6 is 0 Å². The van der Waals surface area contributed by atoms with Crippen LogP contribution in [0.1, 0.15) is 12.0 Å². The van der Waals surface area contributed by atoms with Crippen LogP contribution in [0.5, 0.6) is 5.75 Å². The molecule has 0 aliphatic carbocycles. The van der Waals surface area contributed by atoms with Crippen LogP contribution in [0.4, 0.5) is 5.82 Å². The Kier molecular flexibility index (Phi) is 4.97. The first kappa shape index (κ1) is 16.9. The van der Waals surface area contributed by atoms with E-state index in [4.69, 9.17) is 4.74 Å². The molecule has 2 amide bonds. The van der Waals surface area contributed by atoms with Gasteiger partial charge in [-0.15, -0.1) is 0 Å². The number of pyridine rings is 1. The summed E-state index contributed by atoms with van der Waals surface area (Å²) >= 11 is 0. The number of fused-ring (bicyclic) bond motifs is 1. The minimum Gasteiger partial charge on any atom is -0.480 e. The number of likely N-dealkylation sites (N-methyl/N-ethyl adjacent to an activating group) is 1. The SMILES string of the molecule is CN(CCCc1cnn(C)c1)C(=O)CN1C(=O)COc2cccnc21. The van der Waals surface area contributed by atoms with Gasteiger partial charge in [-0.25, -0.2) is 4.98 Å². The van der Waals surface area contributed by atoms with E-state index < -0.39 is 0 Å². The van der Waals surface area contributed by atoms with Crippen molar-refractivity contribution in [1.82, 2.24) is 19.7 Å². The second-order valence-electron chi connectivity index (χ2n) is 6.03. The number of hydrogen-bond acceptors (Lipinski definition) is 5. The van der Waals surface area contributed by atoms with Crippen LogP contribution in [-0.4, -0.2) is 58.2 Å². The van der Waals surface area contributed by atoms with Gasteiger partial charge in [0.25, 0.3) is 5.91 Å². The Balaban J connectivity index is 1.55. The van der Waals surface area contributed by atoms with E-state index in [0.29, 0.717) is 18.1 Å². The van der Waals surface area contributed by atoms with Gasteiger partial charge in [-0.3, -0.25) is 19.2 Å². The molecule has 0 saturated carbocycles. The van der Waals surface area contributed by atoms with E-state index in [1.807, 2.05) is 19.4 Å². The molecule has 2 aromatic rings. The maximum Gasteiger partial charge on any atom is 0.266 e. The molecule has 0 unspecified atom stereocenters. The van der Waals surface area contributed by atoms with Gasteiger partial charge in [0.15, 0.2) is 18.2 Å². The summed E-state index contributed by atoms with van der Waals surface area (Å²) in [7, 11) is 3.63. The molecule has 1 aliphatic rings. The number of rotatable bonds is 6. The Morgan fingerprint density at radius 2 is 2.28 bits per heavy atom. The third-order valence-corrected chi connectivity index (χ3v) is 4.10. The highest BCUT2D eigenvalue weighted by molar-refractivity contribution is 6.01. The van der Waals surface area contributed by atoms with Gasteiger partial charge in [-0.2, -0.15) is 5.10 Å². The van der Waals surface area contributed by atoms with Crippen LogP contribution < -0.4 is 9.64 Å². The number of ether oxygens (including phenoxy) is 1. The first-order chi connectivity index (χ1) is 12.0. The summed E-state index contributed by atoms with van der Waals surface area (Å²) in [5.74, 6) is 0.534. The molecular formula is C17H21N5O3. The summed E-state index contributed by atoms with van der Waals surface area (Å²) in [6.45, 7) is 0.508. The van der Waals surface area contributed by atoms with Crippen molar-refractivity contribution in [2.75, 3.05) is 31.6 Å². The molecule has 8 nitrogen and oxygen atoms in total. The molecule has 0 N–H and O–H groups in total. The number of carbonyl (C=O) groups is 2. The highest BCUT2D eigenvalue weighted by atomic mass is 16.5. The third-order valence-electron chi connectivity index (χ3n) is 4.10. The fourth-order valence-electron chi connectivity index (χ4n) is 2.70. The van der Waals surface area contributed by atoms with E-state index in [1.54, 1.807) is 35.0 Å². The zero-order chi connectivity index (χ0) is 17.8. The summed E-state index contributed by atoms with van der Waals surface area (Å²) < 4.78 is 7.10. The fourth-order valence-corrected chi connectivity index (χ4v) is 2.70. The van der Waals surface area contributed by atoms with Crippen LogP contribution in [0.2, 0.25) is 0 Å². The molecule has 2 aromatic heterocycles. The van der Waals surface area contributed by atoms with Crippen LogP contribution in [0.3, 0.4) is 0 Å². The molecule has 0 fully saturated rings. The van der Waals surface area contributed by atoms with Crippen LogP contribution in [0.15, 0.2) is 30.7 Å². The van der Waals surface area contributed by atoms with Gasteiger partial charge in [0.2, 0.25) is 5.91 Å². The second kappa shape index (κ2) is 7.33. The Hall–Kier alpha value is -2.90. The summed E-state index contributed by atoms with van der Waals surface area (Å²) in [6, 6.07) is 3.48. The smallest absolute Gasteiger partial charge is 0.266 e. The Morgan fingerprint density at radius 3 is 3.04 bits per heavy atom. The highest BCUT2D eigenvalue weighted by Gasteiger charge is 2.29. The number of nitrogens with zero attached hydrogens (tertiary/aromatic N) is 5. The molecule has 8 heteroatoms. The lowest BCUT2D eigenvalue weighted by atomic mass is 10.2. The maximum atomic E-state index is 12.5. The maximum absolute atomic E-state index is 12.5. The lowest BCUT2D eigenvalue weighted by Gasteiger charge is -2.29. The molecule has 3 heterocycles. The standard InChI is InChI=1S/C17H21N5O3/c1-20(8-4-5-13-9-19-21(2)10-13)15(23)11-22-16(24)12-25-14-6-3-7-18-17(14)22/h3,6-7,9-10H,4-5,8,11-12H2,1-2H3. The Morgan fingerprint density at radius 1 is 1.44 bits per heavy atom. The topological polar surface area (TPSA) is 80.6 Å². The summed E-state index contributed by atoms with van der Waals surface area (Å²) in [6.07, 6.45) is 7.07. The summed E-state index contributed by atoms with van der Waals surface area (Å²) in [5, 5.41) is 4.13. The third kappa shape index (κ3) is 3.96. The van der Waals surface area contributed by atoms with Crippen molar-refractivity contribution in [3.63, 3.8) is 0 Å². The monoisotopic (exact) mass is 343 g/mol. The van der Waals surface area contributed by atoms with Gasteiger partial charge >= 0.3 is 0 Å². The van der Waals surface area contributed by atoms with E-state index in [1.165, 1.54) is 4.90 Å². The van der Waals surface area contributed by atoms with Gasteiger partial charge in [0.1, 0.15) is 6.54 Å². The van der Waals surface area contributed by atoms with Crippen molar-refractivity contribution in [2.45, 2.75) is 12.8 Å². The average Bonchev–Trinajstić information content (AvgIpc) is 3.02. The predicted octanol–water partition coefficient (Wildman–Crippen LogP) is 0.632. The minimum atomic E-state index is -0.261. The number of carbonyl (C=O) groups excluding carboxylic acids is 2. The van der Waals surface area contributed by atoms with Crippen molar-refractivity contribution in [3.8, 4) is 5.75 Å². The molecule has 0 radical (unpaired) electrons. The quantitative estimate of drug-likeness (QED) is 0.769.